The Morgan fingerprint density at radius 3 is 2.15 bits per heavy atom. The van der Waals surface area contributed by atoms with E-state index < -0.39 is 11.6 Å². The van der Waals surface area contributed by atoms with Crippen LogP contribution in [0.25, 0.3) is 0 Å². The van der Waals surface area contributed by atoms with Gasteiger partial charge in [-0.3, -0.25) is 4.79 Å². The lowest BCUT2D eigenvalue weighted by atomic mass is 9.94. The highest BCUT2D eigenvalue weighted by molar-refractivity contribution is 5.76. The van der Waals surface area contributed by atoms with E-state index in [0.29, 0.717) is 32.7 Å². The van der Waals surface area contributed by atoms with Crippen molar-refractivity contribution >= 4 is 18.1 Å². The van der Waals surface area contributed by atoms with Gasteiger partial charge in [0.2, 0.25) is 0 Å². The minimum absolute atomic E-state index is 0.0184. The molecule has 0 aromatic heterocycles. The number of rotatable bonds is 2. The molecule has 0 spiro atoms. The number of carboxylic acid groups (broad SMARTS) is 1. The third-order valence-corrected chi connectivity index (χ3v) is 4.87. The van der Waals surface area contributed by atoms with Crippen LogP contribution in [0.5, 0.6) is 0 Å². The quantitative estimate of drug-likeness (QED) is 0.806. The molecule has 148 valence electrons. The van der Waals surface area contributed by atoms with Crippen molar-refractivity contribution in [2.45, 2.75) is 58.6 Å². The van der Waals surface area contributed by atoms with Gasteiger partial charge < -0.3 is 24.5 Å². The zero-order valence-electron chi connectivity index (χ0n) is 16.2. The lowest BCUT2D eigenvalue weighted by molar-refractivity contribution is -0.138. The molecule has 0 aliphatic carbocycles. The molecule has 0 bridgehead atoms. The molecule has 2 saturated heterocycles. The standard InChI is InChI=1S/C18H31N3O5/c1-13-12-20(17(25)26-18(2,3)4)9-10-21(13)16(24)19-7-5-14(6-8-19)11-15(22)23/h13-14H,5-12H2,1-4H3,(H,22,23)/t13-/m1/s1. The number of piperidine rings is 1. The Morgan fingerprint density at radius 1 is 1.04 bits per heavy atom. The minimum atomic E-state index is -0.776. The van der Waals surface area contributed by atoms with Crippen LogP contribution in [-0.4, -0.2) is 82.3 Å². The van der Waals surface area contributed by atoms with Gasteiger partial charge in [-0.15, -0.1) is 0 Å². The number of nitrogens with zero attached hydrogens (tertiary/aromatic N) is 3. The molecule has 0 aromatic carbocycles. The highest BCUT2D eigenvalue weighted by atomic mass is 16.6. The number of carbonyl (C=O) groups is 3. The highest BCUT2D eigenvalue weighted by Crippen LogP contribution is 2.23. The zero-order valence-corrected chi connectivity index (χ0v) is 16.2. The maximum absolute atomic E-state index is 12.8. The summed E-state index contributed by atoms with van der Waals surface area (Å²) >= 11 is 0. The fraction of sp³-hybridized carbons (Fsp3) is 0.833. The van der Waals surface area contributed by atoms with Gasteiger partial charge in [0.15, 0.2) is 0 Å². The number of piperazine rings is 1. The van der Waals surface area contributed by atoms with E-state index in [1.807, 2.05) is 27.7 Å². The van der Waals surface area contributed by atoms with Gasteiger partial charge in [-0.05, 0) is 46.5 Å². The largest absolute Gasteiger partial charge is 0.481 e. The monoisotopic (exact) mass is 369 g/mol. The van der Waals surface area contributed by atoms with Crippen molar-refractivity contribution in [1.29, 1.82) is 0 Å². The molecule has 3 amide bonds. The number of ether oxygens (including phenoxy) is 1. The molecule has 2 fully saturated rings. The Bertz CT molecular complexity index is 537. The summed E-state index contributed by atoms with van der Waals surface area (Å²) < 4.78 is 5.41. The fourth-order valence-electron chi connectivity index (χ4n) is 3.49. The van der Waals surface area contributed by atoms with Crippen molar-refractivity contribution in [2.24, 2.45) is 5.92 Å². The van der Waals surface area contributed by atoms with Crippen molar-refractivity contribution in [2.75, 3.05) is 32.7 Å². The second-order valence-corrected chi connectivity index (χ2v) is 8.28. The Balaban J connectivity index is 1.84. The predicted octanol–water partition coefficient (Wildman–Crippen LogP) is 2.23. The average molecular weight is 369 g/mol. The molecule has 0 saturated carbocycles. The second kappa shape index (κ2) is 8.14. The number of likely N-dealkylation sites (tertiary alicyclic amines) is 1. The molecule has 2 aliphatic rings. The van der Waals surface area contributed by atoms with Crippen LogP contribution >= 0.6 is 0 Å². The van der Waals surface area contributed by atoms with Crippen LogP contribution in [0, 0.1) is 5.92 Å². The Kier molecular flexibility index (Phi) is 6.36. The zero-order chi connectivity index (χ0) is 19.5. The Morgan fingerprint density at radius 2 is 1.65 bits per heavy atom. The van der Waals surface area contributed by atoms with Gasteiger partial charge >= 0.3 is 18.1 Å². The van der Waals surface area contributed by atoms with Gasteiger partial charge in [0.05, 0.1) is 0 Å². The summed E-state index contributed by atoms with van der Waals surface area (Å²) in [5.41, 5.74) is -0.534. The maximum Gasteiger partial charge on any atom is 0.410 e. The van der Waals surface area contributed by atoms with Gasteiger partial charge in [-0.1, -0.05) is 0 Å². The summed E-state index contributed by atoms with van der Waals surface area (Å²) in [7, 11) is 0. The molecule has 0 radical (unpaired) electrons. The van der Waals surface area contributed by atoms with E-state index in [1.165, 1.54) is 0 Å². The third-order valence-electron chi connectivity index (χ3n) is 4.87. The summed E-state index contributed by atoms with van der Waals surface area (Å²) in [5, 5.41) is 8.89. The van der Waals surface area contributed by atoms with Gasteiger partial charge in [-0.2, -0.15) is 0 Å². The van der Waals surface area contributed by atoms with Crippen LogP contribution in [0.2, 0.25) is 0 Å². The first-order valence-corrected chi connectivity index (χ1v) is 9.32. The highest BCUT2D eigenvalue weighted by Gasteiger charge is 2.35. The molecule has 1 N–H and O–H groups in total. The van der Waals surface area contributed by atoms with Crippen LogP contribution in [-0.2, 0) is 9.53 Å². The molecule has 0 unspecified atom stereocenters. The van der Waals surface area contributed by atoms with Crippen LogP contribution in [0.1, 0.15) is 47.0 Å². The van der Waals surface area contributed by atoms with Crippen LogP contribution in [0.4, 0.5) is 9.59 Å². The van der Waals surface area contributed by atoms with Gasteiger partial charge in [0, 0.05) is 45.2 Å². The number of hydrogen-bond acceptors (Lipinski definition) is 4. The van der Waals surface area contributed by atoms with Crippen molar-refractivity contribution < 1.29 is 24.2 Å². The number of carbonyl (C=O) groups excluding carboxylic acids is 2. The molecule has 26 heavy (non-hydrogen) atoms. The third kappa shape index (κ3) is 5.51. The van der Waals surface area contributed by atoms with Crippen LogP contribution in [0.15, 0.2) is 0 Å². The molecule has 0 aromatic rings. The number of urea groups is 1. The molecular formula is C18H31N3O5. The van der Waals surface area contributed by atoms with E-state index >= 15 is 0 Å². The molecular weight excluding hydrogens is 338 g/mol. The van der Waals surface area contributed by atoms with Crippen LogP contribution < -0.4 is 0 Å². The average Bonchev–Trinajstić information content (AvgIpc) is 2.52. The first-order valence-electron chi connectivity index (χ1n) is 9.32. The topological polar surface area (TPSA) is 90.4 Å². The second-order valence-electron chi connectivity index (χ2n) is 8.28. The molecule has 2 heterocycles. The van der Waals surface area contributed by atoms with Gasteiger partial charge in [0.25, 0.3) is 0 Å². The fourth-order valence-corrected chi connectivity index (χ4v) is 3.49. The first kappa shape index (κ1) is 20.3. The summed E-state index contributed by atoms with van der Waals surface area (Å²) in [4.78, 5) is 41.1. The van der Waals surface area contributed by atoms with E-state index in [-0.39, 0.29) is 30.5 Å². The normalized spacial score (nSPS) is 22.3. The van der Waals surface area contributed by atoms with Crippen molar-refractivity contribution in [3.63, 3.8) is 0 Å². The summed E-state index contributed by atoms with van der Waals surface area (Å²) in [6, 6.07) is -0.101. The summed E-state index contributed by atoms with van der Waals surface area (Å²) in [6.45, 7) is 10.0. The van der Waals surface area contributed by atoms with Crippen molar-refractivity contribution in [3.05, 3.63) is 0 Å². The lowest BCUT2D eigenvalue weighted by Gasteiger charge is -2.43. The van der Waals surface area contributed by atoms with E-state index in [1.54, 1.807) is 14.7 Å². The van der Waals surface area contributed by atoms with Crippen LogP contribution in [0.3, 0.4) is 0 Å². The molecule has 2 aliphatic heterocycles. The predicted molar refractivity (Wildman–Crippen MR) is 95.9 cm³/mol. The lowest BCUT2D eigenvalue weighted by Crippen LogP contribution is -2.59. The van der Waals surface area contributed by atoms with E-state index in [0.717, 1.165) is 12.8 Å². The summed E-state index contributed by atoms with van der Waals surface area (Å²) in [5.74, 6) is -0.625. The Labute approximate surface area is 155 Å². The first-order chi connectivity index (χ1) is 12.1. The number of amides is 3. The van der Waals surface area contributed by atoms with E-state index in [9.17, 15) is 14.4 Å². The molecule has 1 atom stereocenters. The smallest absolute Gasteiger partial charge is 0.410 e. The van der Waals surface area contributed by atoms with Gasteiger partial charge in [-0.25, -0.2) is 9.59 Å². The minimum Gasteiger partial charge on any atom is -0.481 e. The molecule has 8 heteroatoms. The molecule has 2 rings (SSSR count). The van der Waals surface area contributed by atoms with Gasteiger partial charge in [0.1, 0.15) is 5.60 Å². The number of hydrogen-bond donors (Lipinski definition) is 1. The Hall–Kier alpha value is -1.99. The van der Waals surface area contributed by atoms with Crippen molar-refractivity contribution in [1.82, 2.24) is 14.7 Å². The number of carboxylic acids is 1. The summed E-state index contributed by atoms with van der Waals surface area (Å²) in [6.07, 6.45) is 1.28. The maximum atomic E-state index is 12.8. The van der Waals surface area contributed by atoms with Crippen molar-refractivity contribution in [3.8, 4) is 0 Å². The van der Waals surface area contributed by atoms with E-state index in [4.69, 9.17) is 9.84 Å². The number of aliphatic carboxylic acids is 1. The SMILES string of the molecule is C[C@@H]1CN(C(=O)OC(C)(C)C)CCN1C(=O)N1CCC(CC(=O)O)CC1. The van der Waals surface area contributed by atoms with E-state index in [2.05, 4.69) is 0 Å². The molecule has 8 nitrogen and oxygen atoms in total.